The van der Waals surface area contributed by atoms with Crippen LogP contribution < -0.4 is 10.6 Å². The number of alkyl carbamates (subject to hydrolysis) is 2. The molecule has 1 atom stereocenters. The van der Waals surface area contributed by atoms with Crippen molar-refractivity contribution in [3.8, 4) is 11.1 Å². The van der Waals surface area contributed by atoms with E-state index in [1.165, 1.54) is 12.1 Å². The van der Waals surface area contributed by atoms with Crippen molar-refractivity contribution in [1.29, 1.82) is 0 Å². The number of nitrogens with zero attached hydrogens (tertiary/aromatic N) is 1. The Hall–Kier alpha value is -4.08. The van der Waals surface area contributed by atoms with E-state index in [1.54, 1.807) is 52.5 Å². The predicted molar refractivity (Wildman–Crippen MR) is 155 cm³/mol. The molecule has 10 heteroatoms. The maximum absolute atomic E-state index is 14.4. The van der Waals surface area contributed by atoms with E-state index in [-0.39, 0.29) is 19.0 Å². The number of benzene rings is 2. The Morgan fingerprint density at radius 1 is 1.02 bits per heavy atom. The van der Waals surface area contributed by atoms with Crippen molar-refractivity contribution in [1.82, 2.24) is 20.5 Å². The van der Waals surface area contributed by atoms with Crippen molar-refractivity contribution in [3.05, 3.63) is 59.5 Å². The van der Waals surface area contributed by atoms with Gasteiger partial charge >= 0.3 is 12.2 Å². The minimum absolute atomic E-state index is 0.148. The van der Waals surface area contributed by atoms with E-state index in [2.05, 4.69) is 15.6 Å². The molecule has 41 heavy (non-hydrogen) atoms. The summed E-state index contributed by atoms with van der Waals surface area (Å²) in [6, 6.07) is 11.7. The zero-order chi connectivity index (χ0) is 29.9. The molecule has 1 aliphatic rings. The van der Waals surface area contributed by atoms with E-state index in [1.807, 2.05) is 24.3 Å². The molecular formula is C31H39FN4O5. The monoisotopic (exact) mass is 566 g/mol. The number of carbonyl (C=O) groups excluding carboxylic acids is 3. The van der Waals surface area contributed by atoms with Gasteiger partial charge in [-0.25, -0.2) is 14.0 Å². The first-order chi connectivity index (χ1) is 19.2. The number of rotatable bonds is 7. The molecule has 0 aliphatic carbocycles. The highest BCUT2D eigenvalue weighted by Gasteiger charge is 2.32. The molecule has 1 aliphatic heterocycles. The van der Waals surface area contributed by atoms with Crippen LogP contribution in [0, 0.1) is 5.82 Å². The van der Waals surface area contributed by atoms with Gasteiger partial charge in [0.15, 0.2) is 0 Å². The highest BCUT2D eigenvalue weighted by atomic mass is 19.1. The third-order valence-electron chi connectivity index (χ3n) is 6.46. The number of H-pyrrole nitrogens is 1. The molecule has 0 unspecified atom stereocenters. The molecule has 220 valence electrons. The van der Waals surface area contributed by atoms with Gasteiger partial charge in [-0.3, -0.25) is 4.79 Å². The molecule has 3 N–H and O–H groups in total. The summed E-state index contributed by atoms with van der Waals surface area (Å²) >= 11 is 0. The van der Waals surface area contributed by atoms with Crippen LogP contribution in [0.15, 0.2) is 42.5 Å². The van der Waals surface area contributed by atoms with Gasteiger partial charge in [0, 0.05) is 42.1 Å². The molecule has 0 fully saturated rings. The first-order valence-corrected chi connectivity index (χ1v) is 13.9. The Bertz CT molecular complexity index is 1440. The van der Waals surface area contributed by atoms with Crippen LogP contribution in [0.2, 0.25) is 0 Å². The van der Waals surface area contributed by atoms with Crippen molar-refractivity contribution in [2.45, 2.75) is 78.2 Å². The standard InChI is InChI=1S/C31H39FN4O5/c1-30(2,3)40-28(38)33-15-9-10-21(34-29(39)41-31(4,5)6)18-36-17-19-16-20(32)13-14-22(19)25-23-11-7-8-12-24(23)35-26(25)27(36)37/h7-8,11-14,16,21,35H,9-10,15,17-18H2,1-6H3,(H,33,38)(H,34,39)/t21-/m0/s1. The summed E-state index contributed by atoms with van der Waals surface area (Å²) in [4.78, 5) is 43.6. The average Bonchev–Trinajstić information content (AvgIpc) is 3.18. The summed E-state index contributed by atoms with van der Waals surface area (Å²) in [5, 5.41) is 6.49. The maximum atomic E-state index is 14.4. The highest BCUT2D eigenvalue weighted by Crippen LogP contribution is 2.38. The molecule has 0 saturated carbocycles. The van der Waals surface area contributed by atoms with Gasteiger partial charge in [-0.05, 0) is 83.7 Å². The number of amides is 3. The maximum Gasteiger partial charge on any atom is 0.407 e. The number of aromatic nitrogens is 1. The molecule has 1 aromatic heterocycles. The van der Waals surface area contributed by atoms with E-state index in [0.717, 1.165) is 22.0 Å². The molecular weight excluding hydrogens is 527 g/mol. The van der Waals surface area contributed by atoms with Gasteiger partial charge < -0.3 is 30.0 Å². The fourth-order valence-corrected chi connectivity index (χ4v) is 4.90. The SMILES string of the molecule is CC(C)(C)OC(=O)NCCC[C@@H](CN1Cc2cc(F)ccc2-c2c([nH]c3ccccc23)C1=O)NC(=O)OC(C)(C)C. The number of nitrogens with one attached hydrogen (secondary N) is 3. The molecule has 0 saturated heterocycles. The van der Waals surface area contributed by atoms with Crippen molar-refractivity contribution in [2.24, 2.45) is 0 Å². The zero-order valence-corrected chi connectivity index (χ0v) is 24.5. The van der Waals surface area contributed by atoms with Crippen LogP contribution in [0.3, 0.4) is 0 Å². The van der Waals surface area contributed by atoms with Gasteiger partial charge in [-0.15, -0.1) is 0 Å². The van der Waals surface area contributed by atoms with Gasteiger partial charge in [0.05, 0.1) is 0 Å². The average molecular weight is 567 g/mol. The summed E-state index contributed by atoms with van der Waals surface area (Å²) in [5.41, 5.74) is 2.09. The Balaban J connectivity index is 1.58. The normalized spacial score (nSPS) is 14.1. The minimum atomic E-state index is -0.707. The second-order valence-electron chi connectivity index (χ2n) is 12.3. The first-order valence-electron chi connectivity index (χ1n) is 13.9. The van der Waals surface area contributed by atoms with Crippen LogP contribution in [0.25, 0.3) is 22.0 Å². The molecule has 3 aromatic rings. The van der Waals surface area contributed by atoms with E-state index >= 15 is 0 Å². The lowest BCUT2D eigenvalue weighted by molar-refractivity contribution is 0.0465. The number of hydrogen-bond donors (Lipinski definition) is 3. The van der Waals surface area contributed by atoms with Crippen LogP contribution in [-0.2, 0) is 16.0 Å². The molecule has 0 radical (unpaired) electrons. The summed E-state index contributed by atoms with van der Waals surface area (Å²) in [7, 11) is 0. The largest absolute Gasteiger partial charge is 0.444 e. The number of aromatic amines is 1. The number of hydrogen-bond acceptors (Lipinski definition) is 5. The predicted octanol–water partition coefficient (Wildman–Crippen LogP) is 6.13. The molecule has 0 spiro atoms. The lowest BCUT2D eigenvalue weighted by Gasteiger charge is -2.29. The van der Waals surface area contributed by atoms with Crippen molar-refractivity contribution < 1.29 is 28.2 Å². The summed E-state index contributed by atoms with van der Waals surface area (Å²) in [6.07, 6.45) is -0.191. The highest BCUT2D eigenvalue weighted by molar-refractivity contribution is 6.11. The Morgan fingerprint density at radius 2 is 1.71 bits per heavy atom. The van der Waals surface area contributed by atoms with Crippen LogP contribution >= 0.6 is 0 Å². The molecule has 3 amide bonds. The van der Waals surface area contributed by atoms with Crippen molar-refractivity contribution in [3.63, 3.8) is 0 Å². The van der Waals surface area contributed by atoms with E-state index < -0.39 is 35.2 Å². The lowest BCUT2D eigenvalue weighted by Crippen LogP contribution is -2.47. The van der Waals surface area contributed by atoms with E-state index in [4.69, 9.17) is 9.47 Å². The lowest BCUT2D eigenvalue weighted by atomic mass is 9.97. The summed E-state index contributed by atoms with van der Waals surface area (Å²) in [6.45, 7) is 11.3. The number of fused-ring (bicyclic) bond motifs is 5. The molecule has 9 nitrogen and oxygen atoms in total. The second kappa shape index (κ2) is 11.8. The number of ether oxygens (including phenoxy) is 2. The van der Waals surface area contributed by atoms with Gasteiger partial charge in [-0.1, -0.05) is 24.3 Å². The van der Waals surface area contributed by atoms with Gasteiger partial charge in [0.2, 0.25) is 0 Å². The topological polar surface area (TPSA) is 113 Å². The van der Waals surface area contributed by atoms with E-state index in [0.29, 0.717) is 30.6 Å². The van der Waals surface area contributed by atoms with Crippen molar-refractivity contribution >= 4 is 29.0 Å². The second-order valence-corrected chi connectivity index (χ2v) is 12.3. The molecule has 2 aromatic carbocycles. The molecule has 2 heterocycles. The fourth-order valence-electron chi connectivity index (χ4n) is 4.90. The molecule has 0 bridgehead atoms. The number of para-hydroxylation sites is 1. The zero-order valence-electron chi connectivity index (χ0n) is 24.5. The Morgan fingerprint density at radius 3 is 2.41 bits per heavy atom. The third kappa shape index (κ3) is 7.77. The number of halogens is 1. The van der Waals surface area contributed by atoms with Gasteiger partial charge in [0.1, 0.15) is 22.7 Å². The van der Waals surface area contributed by atoms with Gasteiger partial charge in [-0.2, -0.15) is 0 Å². The fraction of sp³-hybridized carbons (Fsp3) is 0.452. The van der Waals surface area contributed by atoms with Crippen molar-refractivity contribution in [2.75, 3.05) is 13.1 Å². The summed E-state index contributed by atoms with van der Waals surface area (Å²) < 4.78 is 25.2. The van der Waals surface area contributed by atoms with Gasteiger partial charge in [0.25, 0.3) is 5.91 Å². The van der Waals surface area contributed by atoms with Crippen LogP contribution in [-0.4, -0.2) is 58.3 Å². The third-order valence-corrected chi connectivity index (χ3v) is 6.46. The smallest absolute Gasteiger partial charge is 0.407 e. The van der Waals surface area contributed by atoms with E-state index in [9.17, 15) is 18.8 Å². The Kier molecular flexibility index (Phi) is 8.60. The quantitative estimate of drug-likeness (QED) is 0.298. The van der Waals surface area contributed by atoms with Crippen LogP contribution in [0.5, 0.6) is 0 Å². The Labute approximate surface area is 239 Å². The first kappa shape index (κ1) is 29.9. The minimum Gasteiger partial charge on any atom is -0.444 e. The summed E-state index contributed by atoms with van der Waals surface area (Å²) in [5.74, 6) is -0.647. The van der Waals surface area contributed by atoms with Crippen LogP contribution in [0.4, 0.5) is 14.0 Å². The molecule has 4 rings (SSSR count). The van der Waals surface area contributed by atoms with Crippen LogP contribution in [0.1, 0.15) is 70.4 Å². The number of carbonyl (C=O) groups is 3.